The molecule has 1 aliphatic heterocycles. The summed E-state index contributed by atoms with van der Waals surface area (Å²) in [6.07, 6.45) is 0.973. The Bertz CT molecular complexity index is 313. The topological polar surface area (TPSA) is 27.7 Å². The summed E-state index contributed by atoms with van der Waals surface area (Å²) in [7, 11) is -2.68. The monoisotopic (exact) mass is 340 g/mol. The third kappa shape index (κ3) is 4.89. The van der Waals surface area contributed by atoms with Gasteiger partial charge < -0.3 is 13.7 Å². The third-order valence-electron chi connectivity index (χ3n) is 3.90. The van der Waals surface area contributed by atoms with E-state index in [2.05, 4.69) is 0 Å². The van der Waals surface area contributed by atoms with Crippen molar-refractivity contribution >= 4 is 37.4 Å². The number of alkyl halides is 1. The molecular weight excluding hydrogens is 314 g/mol. The van der Waals surface area contributed by atoms with E-state index in [4.69, 9.17) is 36.4 Å². The zero-order valence-electron chi connectivity index (χ0n) is 13.5. The molecule has 20 heavy (non-hydrogen) atoms. The van der Waals surface area contributed by atoms with Crippen molar-refractivity contribution in [1.29, 1.82) is 0 Å². The molecule has 0 bridgehead atoms. The Morgan fingerprint density at radius 3 is 2.05 bits per heavy atom. The van der Waals surface area contributed by atoms with E-state index in [0.717, 1.165) is 12.5 Å². The lowest BCUT2D eigenvalue weighted by Gasteiger charge is -2.32. The van der Waals surface area contributed by atoms with Gasteiger partial charge in [-0.15, -0.1) is 22.7 Å². The van der Waals surface area contributed by atoms with Crippen molar-refractivity contribution in [2.24, 2.45) is 0 Å². The Labute approximate surface area is 134 Å². The predicted molar refractivity (Wildman–Crippen MR) is 88.9 cm³/mol. The standard InChI is InChI=1S/C13H27BCl2O3Si/c1-11(2)17-20(16,9-7-8-15)10-14-18-12(3,4)13(5,6)19-14/h11H,7-10H2,1-6H3. The van der Waals surface area contributed by atoms with Crippen LogP contribution in [0.25, 0.3) is 0 Å². The second-order valence-electron chi connectivity index (χ2n) is 6.73. The van der Waals surface area contributed by atoms with Crippen LogP contribution in [0.3, 0.4) is 0 Å². The van der Waals surface area contributed by atoms with Gasteiger partial charge in [0.1, 0.15) is 0 Å². The van der Waals surface area contributed by atoms with Crippen LogP contribution < -0.4 is 0 Å². The fraction of sp³-hybridized carbons (Fsp3) is 1.00. The van der Waals surface area contributed by atoms with Crippen molar-refractivity contribution in [2.45, 2.75) is 77.3 Å². The molecule has 0 saturated carbocycles. The van der Waals surface area contributed by atoms with Crippen molar-refractivity contribution in [3.05, 3.63) is 0 Å². The van der Waals surface area contributed by atoms with Gasteiger partial charge in [0, 0.05) is 17.9 Å². The summed E-state index contributed by atoms with van der Waals surface area (Å²) >= 11 is 12.6. The van der Waals surface area contributed by atoms with Gasteiger partial charge in [-0.05, 0) is 54.0 Å². The molecule has 1 unspecified atom stereocenters. The fourth-order valence-electron chi connectivity index (χ4n) is 2.26. The lowest BCUT2D eigenvalue weighted by Crippen LogP contribution is -2.41. The van der Waals surface area contributed by atoms with E-state index in [0.29, 0.717) is 11.8 Å². The first-order chi connectivity index (χ1) is 9.01. The van der Waals surface area contributed by atoms with E-state index in [-0.39, 0.29) is 24.4 Å². The van der Waals surface area contributed by atoms with Crippen molar-refractivity contribution in [3.8, 4) is 0 Å². The van der Waals surface area contributed by atoms with Gasteiger partial charge in [0.25, 0.3) is 7.63 Å². The van der Waals surface area contributed by atoms with E-state index in [1.807, 2.05) is 41.5 Å². The van der Waals surface area contributed by atoms with E-state index in [1.165, 1.54) is 0 Å². The highest BCUT2D eigenvalue weighted by Crippen LogP contribution is 2.40. The van der Waals surface area contributed by atoms with Gasteiger partial charge in [-0.2, -0.15) is 0 Å². The summed E-state index contributed by atoms with van der Waals surface area (Å²) < 4.78 is 18.1. The van der Waals surface area contributed by atoms with Gasteiger partial charge in [0.2, 0.25) is 0 Å². The number of rotatable bonds is 7. The van der Waals surface area contributed by atoms with Crippen LogP contribution in [0, 0.1) is 0 Å². The van der Waals surface area contributed by atoms with Gasteiger partial charge in [0.05, 0.1) is 11.2 Å². The zero-order valence-corrected chi connectivity index (χ0v) is 16.0. The van der Waals surface area contributed by atoms with Crippen LogP contribution in [0.15, 0.2) is 0 Å². The summed E-state index contributed by atoms with van der Waals surface area (Å²) in [5.41, 5.74) is -0.650. The molecule has 1 heterocycles. The van der Waals surface area contributed by atoms with Crippen molar-refractivity contribution in [3.63, 3.8) is 0 Å². The summed E-state index contributed by atoms with van der Waals surface area (Å²) in [6.45, 7) is 12.2. The minimum absolute atomic E-state index is 0.108. The van der Waals surface area contributed by atoms with Crippen LogP contribution in [0.1, 0.15) is 48.0 Å². The van der Waals surface area contributed by atoms with Crippen LogP contribution in [0.2, 0.25) is 12.0 Å². The van der Waals surface area contributed by atoms with Gasteiger partial charge in [-0.1, -0.05) is 0 Å². The normalized spacial score (nSPS) is 24.1. The number of halogens is 2. The molecule has 0 N–H and O–H groups in total. The molecule has 0 radical (unpaired) electrons. The highest BCUT2D eigenvalue weighted by molar-refractivity contribution is 7.19. The molecule has 1 saturated heterocycles. The van der Waals surface area contributed by atoms with E-state index >= 15 is 0 Å². The van der Waals surface area contributed by atoms with Crippen molar-refractivity contribution in [2.75, 3.05) is 5.88 Å². The maximum absolute atomic E-state index is 6.78. The van der Waals surface area contributed by atoms with Gasteiger partial charge in [0.15, 0.2) is 0 Å². The van der Waals surface area contributed by atoms with Crippen LogP contribution in [0.4, 0.5) is 0 Å². The molecular formula is C13H27BCl2O3Si. The molecule has 3 nitrogen and oxygen atoms in total. The molecule has 1 rings (SSSR count). The first-order valence-electron chi connectivity index (χ1n) is 7.30. The van der Waals surface area contributed by atoms with Crippen LogP contribution in [-0.2, 0) is 13.7 Å². The number of hydrogen-bond acceptors (Lipinski definition) is 3. The van der Waals surface area contributed by atoms with Gasteiger partial charge in [-0.3, -0.25) is 0 Å². The smallest absolute Gasteiger partial charge is 0.403 e. The average molecular weight is 341 g/mol. The maximum atomic E-state index is 6.78. The Hall–Kier alpha value is 0.742. The highest BCUT2D eigenvalue weighted by atomic mass is 35.6. The third-order valence-corrected chi connectivity index (χ3v) is 8.41. The minimum Gasteiger partial charge on any atom is -0.403 e. The summed E-state index contributed by atoms with van der Waals surface area (Å²) in [5.74, 6) is 1.24. The lowest BCUT2D eigenvalue weighted by atomic mass is 9.90. The van der Waals surface area contributed by atoms with Gasteiger partial charge >= 0.3 is 7.12 Å². The Morgan fingerprint density at radius 2 is 1.65 bits per heavy atom. The summed E-state index contributed by atoms with van der Waals surface area (Å²) in [6, 6.07) is 0.820. The Kier molecular flexibility index (Phi) is 6.47. The second kappa shape index (κ2) is 6.88. The Morgan fingerprint density at radius 1 is 1.15 bits per heavy atom. The van der Waals surface area contributed by atoms with Crippen LogP contribution in [0.5, 0.6) is 0 Å². The molecule has 0 amide bonds. The molecule has 0 spiro atoms. The Balaban J connectivity index is 2.71. The molecule has 0 aromatic heterocycles. The molecule has 0 aromatic carbocycles. The second-order valence-corrected chi connectivity index (χ2v) is 12.1. The molecule has 1 fully saturated rings. The van der Waals surface area contributed by atoms with E-state index in [9.17, 15) is 0 Å². The average Bonchev–Trinajstić information content (AvgIpc) is 2.42. The van der Waals surface area contributed by atoms with Crippen molar-refractivity contribution in [1.82, 2.24) is 0 Å². The zero-order chi connectivity index (χ0) is 15.6. The predicted octanol–water partition coefficient (Wildman–Crippen LogP) is 4.35. The number of hydrogen-bond donors (Lipinski definition) is 0. The molecule has 7 heteroatoms. The first-order valence-corrected chi connectivity index (χ1v) is 11.2. The fourth-order valence-corrected chi connectivity index (χ4v) is 6.56. The molecule has 0 aliphatic carbocycles. The van der Waals surface area contributed by atoms with Crippen molar-refractivity contribution < 1.29 is 13.7 Å². The lowest BCUT2D eigenvalue weighted by molar-refractivity contribution is 0.00578. The summed E-state index contributed by atoms with van der Waals surface area (Å²) in [4.78, 5) is 0. The molecule has 1 atom stereocenters. The maximum Gasteiger partial charge on any atom is 0.458 e. The minimum atomic E-state index is -2.39. The molecule has 1 aliphatic rings. The van der Waals surface area contributed by atoms with E-state index < -0.39 is 7.63 Å². The largest absolute Gasteiger partial charge is 0.458 e. The highest BCUT2D eigenvalue weighted by Gasteiger charge is 2.54. The van der Waals surface area contributed by atoms with Gasteiger partial charge in [-0.25, -0.2) is 0 Å². The summed E-state index contributed by atoms with van der Waals surface area (Å²) in [5, 5.41) is 0. The SMILES string of the molecule is CC(C)O[Si](Cl)(CCCCl)CB1OC(C)(C)C(C)(C)O1. The molecule has 118 valence electrons. The van der Waals surface area contributed by atoms with E-state index in [1.54, 1.807) is 0 Å². The first kappa shape index (κ1) is 18.8. The molecule has 0 aromatic rings. The van der Waals surface area contributed by atoms with Crippen LogP contribution >= 0.6 is 22.7 Å². The quantitative estimate of drug-likeness (QED) is 0.391. The van der Waals surface area contributed by atoms with Crippen LogP contribution in [-0.4, -0.2) is 37.9 Å².